The van der Waals surface area contributed by atoms with Crippen molar-refractivity contribution in [1.82, 2.24) is 4.98 Å². The number of carbonyl (C=O) groups is 1. The Bertz CT molecular complexity index is 747. The monoisotopic (exact) mass is 380 g/mol. The third kappa shape index (κ3) is 5.72. The molecule has 1 aromatic carbocycles. The van der Waals surface area contributed by atoms with E-state index in [1.165, 1.54) is 18.5 Å². The van der Waals surface area contributed by atoms with Gasteiger partial charge < -0.3 is 15.5 Å². The molecule has 5 heteroatoms. The van der Waals surface area contributed by atoms with Gasteiger partial charge in [-0.25, -0.2) is 4.98 Å². The summed E-state index contributed by atoms with van der Waals surface area (Å²) in [5, 5.41) is 6.24. The van der Waals surface area contributed by atoms with Crippen LogP contribution in [0, 0.1) is 11.8 Å². The highest BCUT2D eigenvalue weighted by Gasteiger charge is 2.16. The predicted molar refractivity (Wildman–Crippen MR) is 117 cm³/mol. The number of carbonyl (C=O) groups excluding carboxylic acids is 1. The molecule has 150 valence electrons. The Morgan fingerprint density at radius 1 is 1.14 bits per heavy atom. The maximum atomic E-state index is 12.5. The van der Waals surface area contributed by atoms with Crippen LogP contribution in [-0.2, 0) is 0 Å². The molecule has 1 fully saturated rings. The van der Waals surface area contributed by atoms with Crippen LogP contribution in [0.1, 0.15) is 50.4 Å². The van der Waals surface area contributed by atoms with Crippen LogP contribution >= 0.6 is 0 Å². The molecule has 3 rings (SSSR count). The van der Waals surface area contributed by atoms with E-state index in [-0.39, 0.29) is 5.91 Å². The highest BCUT2D eigenvalue weighted by atomic mass is 16.1. The Hall–Kier alpha value is -2.56. The van der Waals surface area contributed by atoms with E-state index in [0.29, 0.717) is 11.5 Å². The fourth-order valence-electron chi connectivity index (χ4n) is 3.35. The van der Waals surface area contributed by atoms with Crippen molar-refractivity contribution in [2.75, 3.05) is 35.2 Å². The van der Waals surface area contributed by atoms with Gasteiger partial charge in [0.2, 0.25) is 0 Å². The van der Waals surface area contributed by atoms with E-state index in [1.54, 1.807) is 6.20 Å². The Labute approximate surface area is 168 Å². The number of amides is 1. The van der Waals surface area contributed by atoms with Crippen molar-refractivity contribution in [3.8, 4) is 0 Å². The lowest BCUT2D eigenvalue weighted by Crippen LogP contribution is -2.32. The zero-order chi connectivity index (χ0) is 19.9. The van der Waals surface area contributed by atoms with Gasteiger partial charge >= 0.3 is 0 Å². The third-order valence-electron chi connectivity index (χ3n) is 5.33. The molecule has 2 heterocycles. The second kappa shape index (κ2) is 9.58. The van der Waals surface area contributed by atoms with E-state index in [1.807, 2.05) is 24.3 Å². The number of piperidine rings is 1. The van der Waals surface area contributed by atoms with Crippen LogP contribution in [0.15, 0.2) is 42.6 Å². The van der Waals surface area contributed by atoms with Crippen molar-refractivity contribution in [3.05, 3.63) is 48.2 Å². The number of nitrogens with zero attached hydrogens (tertiary/aromatic N) is 2. The number of nitrogens with one attached hydrogen (secondary N) is 2. The Balaban J connectivity index is 1.52. The number of aromatic nitrogens is 1. The van der Waals surface area contributed by atoms with Gasteiger partial charge in [0.05, 0.1) is 5.56 Å². The number of rotatable bonds is 7. The molecular formula is C23H32N4O. The van der Waals surface area contributed by atoms with Crippen LogP contribution in [0.3, 0.4) is 0 Å². The molecule has 0 unspecified atom stereocenters. The molecule has 1 aliphatic heterocycles. The van der Waals surface area contributed by atoms with Crippen LogP contribution < -0.4 is 15.5 Å². The van der Waals surface area contributed by atoms with Crippen LogP contribution in [0.5, 0.6) is 0 Å². The van der Waals surface area contributed by atoms with Crippen molar-refractivity contribution in [2.45, 2.75) is 40.0 Å². The SMILES string of the molecule is CC(C)CCNc1ccc(C(=O)Nc2ccc(N3CCC(C)CC3)cc2)cn1. The summed E-state index contributed by atoms with van der Waals surface area (Å²) >= 11 is 0. The predicted octanol–water partition coefficient (Wildman–Crippen LogP) is 5.03. The second-order valence-corrected chi connectivity index (χ2v) is 8.21. The van der Waals surface area contributed by atoms with Gasteiger partial charge in [0.25, 0.3) is 5.91 Å². The highest BCUT2D eigenvalue weighted by Crippen LogP contribution is 2.24. The van der Waals surface area contributed by atoms with E-state index in [4.69, 9.17) is 0 Å². The summed E-state index contributed by atoms with van der Waals surface area (Å²) in [6.45, 7) is 9.81. The van der Waals surface area contributed by atoms with Gasteiger partial charge in [-0.15, -0.1) is 0 Å². The first-order valence-electron chi connectivity index (χ1n) is 10.4. The topological polar surface area (TPSA) is 57.3 Å². The summed E-state index contributed by atoms with van der Waals surface area (Å²) in [6.07, 6.45) is 5.20. The highest BCUT2D eigenvalue weighted by molar-refractivity contribution is 6.04. The molecule has 1 aromatic heterocycles. The largest absolute Gasteiger partial charge is 0.372 e. The minimum Gasteiger partial charge on any atom is -0.372 e. The molecule has 2 N–H and O–H groups in total. The summed E-state index contributed by atoms with van der Waals surface area (Å²) in [4.78, 5) is 19.2. The zero-order valence-corrected chi connectivity index (χ0v) is 17.2. The summed E-state index contributed by atoms with van der Waals surface area (Å²) in [5.41, 5.74) is 2.59. The van der Waals surface area contributed by atoms with Gasteiger partial charge in [-0.05, 0) is 67.5 Å². The summed E-state index contributed by atoms with van der Waals surface area (Å²) in [6, 6.07) is 11.8. The molecule has 1 amide bonds. The maximum Gasteiger partial charge on any atom is 0.257 e. The first-order chi connectivity index (χ1) is 13.5. The molecule has 0 radical (unpaired) electrons. The molecule has 0 atom stereocenters. The van der Waals surface area contributed by atoms with Gasteiger partial charge in [-0.3, -0.25) is 4.79 Å². The van der Waals surface area contributed by atoms with Crippen molar-refractivity contribution < 1.29 is 4.79 Å². The Morgan fingerprint density at radius 3 is 2.46 bits per heavy atom. The molecule has 5 nitrogen and oxygen atoms in total. The van der Waals surface area contributed by atoms with Crippen LogP contribution in [0.2, 0.25) is 0 Å². The lowest BCUT2D eigenvalue weighted by molar-refractivity contribution is 0.102. The number of hydrogen-bond donors (Lipinski definition) is 2. The quantitative estimate of drug-likeness (QED) is 0.707. The molecule has 1 saturated heterocycles. The van der Waals surface area contributed by atoms with Crippen molar-refractivity contribution in [3.63, 3.8) is 0 Å². The average Bonchev–Trinajstić information content (AvgIpc) is 2.69. The first-order valence-corrected chi connectivity index (χ1v) is 10.4. The van der Waals surface area contributed by atoms with E-state index in [9.17, 15) is 4.79 Å². The zero-order valence-electron chi connectivity index (χ0n) is 17.2. The molecule has 2 aromatic rings. The smallest absolute Gasteiger partial charge is 0.257 e. The normalized spacial score (nSPS) is 14.9. The maximum absolute atomic E-state index is 12.5. The number of pyridine rings is 1. The lowest BCUT2D eigenvalue weighted by Gasteiger charge is -2.32. The van der Waals surface area contributed by atoms with E-state index >= 15 is 0 Å². The van der Waals surface area contributed by atoms with E-state index < -0.39 is 0 Å². The Morgan fingerprint density at radius 2 is 1.86 bits per heavy atom. The van der Waals surface area contributed by atoms with Crippen molar-refractivity contribution in [1.29, 1.82) is 0 Å². The summed E-state index contributed by atoms with van der Waals surface area (Å²) in [7, 11) is 0. The fourth-order valence-corrected chi connectivity index (χ4v) is 3.35. The molecule has 0 bridgehead atoms. The van der Waals surface area contributed by atoms with Gasteiger partial charge in [0.15, 0.2) is 0 Å². The first kappa shape index (κ1) is 20.2. The number of anilines is 3. The molecule has 0 saturated carbocycles. The van der Waals surface area contributed by atoms with Gasteiger partial charge in [0.1, 0.15) is 5.82 Å². The van der Waals surface area contributed by atoms with Crippen LogP contribution in [0.25, 0.3) is 0 Å². The minimum atomic E-state index is -0.138. The molecular weight excluding hydrogens is 348 g/mol. The standard InChI is InChI=1S/C23H32N4O/c1-17(2)10-13-24-22-9-4-19(16-25-22)23(28)26-20-5-7-21(8-6-20)27-14-11-18(3)12-15-27/h4-9,16-18H,10-15H2,1-3H3,(H,24,25)(H,26,28). The van der Waals surface area contributed by atoms with E-state index in [0.717, 1.165) is 43.5 Å². The fraction of sp³-hybridized carbons (Fsp3) is 0.478. The lowest BCUT2D eigenvalue weighted by atomic mass is 9.99. The number of benzene rings is 1. The Kier molecular flexibility index (Phi) is 6.90. The minimum absolute atomic E-state index is 0.138. The average molecular weight is 381 g/mol. The van der Waals surface area contributed by atoms with Crippen molar-refractivity contribution >= 4 is 23.1 Å². The van der Waals surface area contributed by atoms with Gasteiger partial charge in [-0.1, -0.05) is 20.8 Å². The van der Waals surface area contributed by atoms with Gasteiger partial charge in [0, 0.05) is 37.2 Å². The van der Waals surface area contributed by atoms with Gasteiger partial charge in [-0.2, -0.15) is 0 Å². The van der Waals surface area contributed by atoms with E-state index in [2.05, 4.69) is 53.4 Å². The van der Waals surface area contributed by atoms with Crippen LogP contribution in [-0.4, -0.2) is 30.5 Å². The third-order valence-corrected chi connectivity index (χ3v) is 5.33. The molecule has 0 aliphatic carbocycles. The summed E-state index contributed by atoms with van der Waals surface area (Å²) in [5.74, 6) is 2.14. The number of hydrogen-bond acceptors (Lipinski definition) is 4. The summed E-state index contributed by atoms with van der Waals surface area (Å²) < 4.78 is 0. The molecule has 0 spiro atoms. The molecule has 28 heavy (non-hydrogen) atoms. The molecule has 1 aliphatic rings. The van der Waals surface area contributed by atoms with Crippen LogP contribution in [0.4, 0.5) is 17.2 Å². The van der Waals surface area contributed by atoms with Crippen molar-refractivity contribution in [2.24, 2.45) is 11.8 Å². The second-order valence-electron chi connectivity index (χ2n) is 8.21.